The van der Waals surface area contributed by atoms with Crippen molar-refractivity contribution in [1.29, 1.82) is 0 Å². The molecule has 1 aromatic carbocycles. The molecule has 0 saturated heterocycles. The molecule has 8 heteroatoms. The molecule has 0 spiro atoms. The van der Waals surface area contributed by atoms with Gasteiger partial charge in [0, 0.05) is 4.88 Å². The van der Waals surface area contributed by atoms with Crippen molar-refractivity contribution in [2.75, 3.05) is 7.11 Å². The molecule has 0 fully saturated rings. The lowest BCUT2D eigenvalue weighted by Crippen LogP contribution is -2.26. The van der Waals surface area contributed by atoms with Crippen molar-refractivity contribution in [2.45, 2.75) is 43.0 Å². The first-order valence-electron chi connectivity index (χ1n) is 9.17. The largest absolute Gasteiger partial charge is 0.497 e. The SMILES string of the molecule is COc1ccc(-n2c(SC(C)C(N)=O)nc3sc4c(c3c2=O)CCCC4)cc1. The van der Waals surface area contributed by atoms with Gasteiger partial charge < -0.3 is 10.5 Å². The molecule has 6 nitrogen and oxygen atoms in total. The van der Waals surface area contributed by atoms with Crippen molar-refractivity contribution in [3.63, 3.8) is 0 Å². The fraction of sp³-hybridized carbons (Fsp3) is 0.350. The average Bonchev–Trinajstić information content (AvgIpc) is 3.06. The molecule has 1 amide bonds. The first-order chi connectivity index (χ1) is 13.5. The van der Waals surface area contributed by atoms with Crippen molar-refractivity contribution < 1.29 is 9.53 Å². The second-order valence-corrected chi connectivity index (χ2v) is 9.18. The van der Waals surface area contributed by atoms with Gasteiger partial charge in [0.15, 0.2) is 5.16 Å². The number of nitrogens with zero attached hydrogens (tertiary/aromatic N) is 2. The summed E-state index contributed by atoms with van der Waals surface area (Å²) in [6.45, 7) is 1.72. The van der Waals surface area contributed by atoms with Gasteiger partial charge in [-0.3, -0.25) is 14.2 Å². The van der Waals surface area contributed by atoms with Crippen molar-refractivity contribution >= 4 is 39.2 Å². The number of fused-ring (bicyclic) bond motifs is 3. The van der Waals surface area contributed by atoms with E-state index in [0.29, 0.717) is 22.0 Å². The maximum atomic E-state index is 13.6. The maximum absolute atomic E-state index is 13.6. The molecule has 1 atom stereocenters. The Bertz CT molecular complexity index is 1100. The predicted octanol–water partition coefficient (Wildman–Crippen LogP) is 3.30. The fourth-order valence-electron chi connectivity index (χ4n) is 3.44. The van der Waals surface area contributed by atoms with E-state index in [1.807, 2.05) is 12.1 Å². The highest BCUT2D eigenvalue weighted by Gasteiger charge is 2.24. The maximum Gasteiger partial charge on any atom is 0.267 e. The fourth-order valence-corrected chi connectivity index (χ4v) is 5.62. The lowest BCUT2D eigenvalue weighted by molar-refractivity contribution is -0.117. The van der Waals surface area contributed by atoms with Crippen molar-refractivity contribution in [1.82, 2.24) is 9.55 Å². The highest BCUT2D eigenvalue weighted by molar-refractivity contribution is 8.00. The summed E-state index contributed by atoms with van der Waals surface area (Å²) in [5, 5.41) is 0.697. The van der Waals surface area contributed by atoms with Crippen LogP contribution in [0.4, 0.5) is 0 Å². The summed E-state index contributed by atoms with van der Waals surface area (Å²) in [6, 6.07) is 7.26. The smallest absolute Gasteiger partial charge is 0.267 e. The molecule has 3 aromatic rings. The van der Waals surface area contributed by atoms with E-state index >= 15 is 0 Å². The molecule has 1 aliphatic carbocycles. The van der Waals surface area contributed by atoms with Crippen LogP contribution in [0.15, 0.2) is 34.2 Å². The number of methoxy groups -OCH3 is 1. The summed E-state index contributed by atoms with van der Waals surface area (Å²) in [6.07, 6.45) is 4.15. The number of thiophene rings is 1. The standard InChI is InChI=1S/C20H21N3O3S2/c1-11(17(21)24)27-20-22-18-16(14-5-3-4-6-15(14)28-18)19(25)23(20)12-7-9-13(26-2)10-8-12/h7-11H,3-6H2,1-2H3,(H2,21,24). The number of aryl methyl sites for hydroxylation is 2. The number of thioether (sulfide) groups is 1. The van der Waals surface area contributed by atoms with Gasteiger partial charge in [0.1, 0.15) is 10.6 Å². The number of carbonyl (C=O) groups is 1. The molecule has 146 valence electrons. The number of hydrogen-bond acceptors (Lipinski definition) is 6. The van der Waals surface area contributed by atoms with Crippen LogP contribution in [0, 0.1) is 0 Å². The quantitative estimate of drug-likeness (QED) is 0.510. The van der Waals surface area contributed by atoms with Crippen LogP contribution in [0.5, 0.6) is 5.75 Å². The van der Waals surface area contributed by atoms with Gasteiger partial charge in [0.2, 0.25) is 5.91 Å². The van der Waals surface area contributed by atoms with E-state index in [1.165, 1.54) is 16.6 Å². The van der Waals surface area contributed by atoms with Crippen LogP contribution in [-0.4, -0.2) is 27.8 Å². The molecule has 2 N–H and O–H groups in total. The summed E-state index contributed by atoms with van der Waals surface area (Å²) >= 11 is 2.81. The van der Waals surface area contributed by atoms with Gasteiger partial charge in [-0.15, -0.1) is 11.3 Å². The molecule has 0 bridgehead atoms. The first-order valence-corrected chi connectivity index (χ1v) is 10.9. The number of nitrogens with two attached hydrogens (primary N) is 1. The molecule has 2 aromatic heterocycles. The third-order valence-electron chi connectivity index (χ3n) is 4.97. The average molecular weight is 416 g/mol. The van der Waals surface area contributed by atoms with Crippen molar-refractivity contribution in [2.24, 2.45) is 5.73 Å². The van der Waals surface area contributed by atoms with Gasteiger partial charge in [-0.05, 0) is 62.4 Å². The summed E-state index contributed by atoms with van der Waals surface area (Å²) in [4.78, 5) is 32.0. The van der Waals surface area contributed by atoms with Crippen molar-refractivity contribution in [3.8, 4) is 11.4 Å². The molecule has 0 aliphatic heterocycles. The van der Waals surface area contributed by atoms with Gasteiger partial charge in [-0.1, -0.05) is 11.8 Å². The number of rotatable bonds is 5. The van der Waals surface area contributed by atoms with E-state index < -0.39 is 11.2 Å². The minimum absolute atomic E-state index is 0.0891. The van der Waals surface area contributed by atoms with Gasteiger partial charge in [-0.2, -0.15) is 0 Å². The van der Waals surface area contributed by atoms with Crippen LogP contribution in [0.3, 0.4) is 0 Å². The van der Waals surface area contributed by atoms with E-state index in [1.54, 1.807) is 42.1 Å². The number of ether oxygens (including phenoxy) is 1. The normalized spacial score (nSPS) is 14.6. The van der Waals surface area contributed by atoms with E-state index in [-0.39, 0.29) is 5.56 Å². The van der Waals surface area contributed by atoms with Crippen molar-refractivity contribution in [3.05, 3.63) is 45.1 Å². The van der Waals surface area contributed by atoms with Gasteiger partial charge in [0.25, 0.3) is 5.56 Å². The van der Waals surface area contributed by atoms with Gasteiger partial charge in [-0.25, -0.2) is 4.98 Å². The van der Waals surface area contributed by atoms with Gasteiger partial charge in [0.05, 0.1) is 23.4 Å². The number of hydrogen-bond donors (Lipinski definition) is 1. The lowest BCUT2D eigenvalue weighted by Gasteiger charge is -2.15. The molecular formula is C20H21N3O3S2. The van der Waals surface area contributed by atoms with E-state index in [2.05, 4.69) is 0 Å². The minimum Gasteiger partial charge on any atom is -0.497 e. The molecule has 2 heterocycles. The zero-order valence-corrected chi connectivity index (χ0v) is 17.4. The second-order valence-electron chi connectivity index (χ2n) is 6.79. The number of carbonyl (C=O) groups excluding carboxylic acids is 1. The summed E-state index contributed by atoms with van der Waals surface area (Å²) in [7, 11) is 1.60. The Morgan fingerprint density at radius 3 is 2.68 bits per heavy atom. The highest BCUT2D eigenvalue weighted by Crippen LogP contribution is 2.35. The van der Waals surface area contributed by atoms with E-state index in [4.69, 9.17) is 15.5 Å². The Morgan fingerprint density at radius 2 is 2.00 bits per heavy atom. The Hall–Kier alpha value is -2.32. The Morgan fingerprint density at radius 1 is 1.29 bits per heavy atom. The van der Waals surface area contributed by atoms with Crippen LogP contribution in [-0.2, 0) is 17.6 Å². The third kappa shape index (κ3) is 3.31. The first kappa shape index (κ1) is 19.0. The van der Waals surface area contributed by atoms with Crippen LogP contribution in [0.2, 0.25) is 0 Å². The summed E-state index contributed by atoms with van der Waals surface area (Å²) in [5.41, 5.74) is 7.20. The van der Waals surface area contributed by atoms with Crippen LogP contribution < -0.4 is 16.0 Å². The van der Waals surface area contributed by atoms with Crippen LogP contribution in [0.25, 0.3) is 15.9 Å². The lowest BCUT2D eigenvalue weighted by atomic mass is 9.97. The topological polar surface area (TPSA) is 87.2 Å². The molecule has 4 rings (SSSR count). The highest BCUT2D eigenvalue weighted by atomic mass is 32.2. The number of benzene rings is 1. The zero-order valence-electron chi connectivity index (χ0n) is 15.7. The molecule has 1 unspecified atom stereocenters. The summed E-state index contributed by atoms with van der Waals surface area (Å²) in [5.74, 6) is 0.268. The second kappa shape index (κ2) is 7.60. The minimum atomic E-state index is -0.497. The molecule has 0 radical (unpaired) electrons. The number of amides is 1. The zero-order chi connectivity index (χ0) is 19.8. The number of aromatic nitrogens is 2. The van der Waals surface area contributed by atoms with Crippen LogP contribution >= 0.6 is 23.1 Å². The Balaban J connectivity index is 1.96. The molecule has 1 aliphatic rings. The van der Waals surface area contributed by atoms with Gasteiger partial charge >= 0.3 is 0 Å². The predicted molar refractivity (Wildman–Crippen MR) is 113 cm³/mol. The Kier molecular flexibility index (Phi) is 5.16. The van der Waals surface area contributed by atoms with E-state index in [9.17, 15) is 9.59 Å². The monoisotopic (exact) mass is 415 g/mol. The molecular weight excluding hydrogens is 394 g/mol. The summed E-state index contributed by atoms with van der Waals surface area (Å²) < 4.78 is 6.82. The van der Waals surface area contributed by atoms with E-state index in [0.717, 1.165) is 36.1 Å². The third-order valence-corrected chi connectivity index (χ3v) is 7.23. The molecule has 0 saturated carbocycles. The van der Waals surface area contributed by atoms with Crippen LogP contribution in [0.1, 0.15) is 30.2 Å². The number of primary amides is 1. The molecule has 28 heavy (non-hydrogen) atoms. The Labute approximate surface area is 170 Å².